The van der Waals surface area contributed by atoms with Gasteiger partial charge in [0.25, 0.3) is 5.91 Å². The molecule has 0 spiro atoms. The number of hydrazine groups is 1. The lowest BCUT2D eigenvalue weighted by molar-refractivity contribution is 0.0737. The van der Waals surface area contributed by atoms with Crippen molar-refractivity contribution in [2.45, 2.75) is 13.0 Å². The number of aromatic nitrogens is 1. The Morgan fingerprint density at radius 3 is 2.48 bits per heavy atom. The van der Waals surface area contributed by atoms with Gasteiger partial charge >= 0.3 is 0 Å². The highest BCUT2D eigenvalue weighted by Gasteiger charge is 2.19. The zero-order chi connectivity index (χ0) is 15.4. The van der Waals surface area contributed by atoms with E-state index in [1.807, 2.05) is 31.2 Å². The van der Waals surface area contributed by atoms with Gasteiger partial charge in [-0.1, -0.05) is 23.7 Å². The minimum atomic E-state index is -0.152. The number of benzene rings is 1. The number of pyridine rings is 1. The lowest BCUT2D eigenvalue weighted by atomic mass is 10.1. The lowest BCUT2D eigenvalue weighted by Crippen LogP contribution is -2.30. The summed E-state index contributed by atoms with van der Waals surface area (Å²) in [6.07, 6.45) is 1.52. The Morgan fingerprint density at radius 2 is 1.95 bits per heavy atom. The predicted molar refractivity (Wildman–Crippen MR) is 84.0 cm³/mol. The number of rotatable bonds is 4. The zero-order valence-corrected chi connectivity index (χ0v) is 12.6. The van der Waals surface area contributed by atoms with E-state index in [0.29, 0.717) is 16.4 Å². The predicted octanol–water partition coefficient (Wildman–Crippen LogP) is 2.85. The Balaban J connectivity index is 2.15. The van der Waals surface area contributed by atoms with Crippen LogP contribution in [0.5, 0.6) is 0 Å². The fourth-order valence-electron chi connectivity index (χ4n) is 1.93. The van der Waals surface area contributed by atoms with Crippen LogP contribution in [0.4, 0.5) is 5.69 Å². The van der Waals surface area contributed by atoms with Gasteiger partial charge in [0.2, 0.25) is 0 Å². The van der Waals surface area contributed by atoms with Crippen molar-refractivity contribution in [1.29, 1.82) is 0 Å². The molecule has 6 heteroatoms. The quantitative estimate of drug-likeness (QED) is 0.673. The van der Waals surface area contributed by atoms with Crippen LogP contribution in [0, 0.1) is 0 Å². The number of carbonyl (C=O) groups is 1. The summed E-state index contributed by atoms with van der Waals surface area (Å²) in [6, 6.07) is 10.7. The van der Waals surface area contributed by atoms with Crippen LogP contribution in [0.1, 0.15) is 29.0 Å². The van der Waals surface area contributed by atoms with Crippen LogP contribution >= 0.6 is 11.6 Å². The molecule has 0 aliphatic rings. The SMILES string of the molecule is CC(c1ccc(Cl)cc1)N(C)C(=O)c1ccc(NN)cn1. The summed E-state index contributed by atoms with van der Waals surface area (Å²) in [4.78, 5) is 18.2. The number of carbonyl (C=O) groups excluding carboxylic acids is 1. The van der Waals surface area contributed by atoms with Gasteiger partial charge in [-0.25, -0.2) is 4.98 Å². The number of amides is 1. The highest BCUT2D eigenvalue weighted by Crippen LogP contribution is 2.22. The molecule has 1 amide bonds. The number of nitrogens with two attached hydrogens (primary N) is 1. The van der Waals surface area contributed by atoms with Crippen LogP contribution in [0.15, 0.2) is 42.6 Å². The summed E-state index contributed by atoms with van der Waals surface area (Å²) >= 11 is 5.88. The second-order valence-corrected chi connectivity index (χ2v) is 5.16. The summed E-state index contributed by atoms with van der Waals surface area (Å²) in [7, 11) is 1.75. The minimum Gasteiger partial charge on any atom is -0.334 e. The standard InChI is InChI=1S/C15H17ClN4O/c1-10(11-3-5-12(16)6-4-11)20(2)15(21)14-8-7-13(19-17)9-18-14/h3-10,19H,17H2,1-2H3. The van der Waals surface area contributed by atoms with Crippen molar-refractivity contribution in [1.82, 2.24) is 9.88 Å². The van der Waals surface area contributed by atoms with E-state index in [-0.39, 0.29) is 11.9 Å². The monoisotopic (exact) mass is 304 g/mol. The summed E-state index contributed by atoms with van der Waals surface area (Å²) in [5, 5.41) is 0.673. The van der Waals surface area contributed by atoms with Crippen molar-refractivity contribution in [3.8, 4) is 0 Å². The fourth-order valence-corrected chi connectivity index (χ4v) is 2.05. The average molecular weight is 305 g/mol. The number of hydrogen-bond acceptors (Lipinski definition) is 4. The third kappa shape index (κ3) is 3.51. The minimum absolute atomic E-state index is 0.0797. The number of nitrogen functional groups attached to an aromatic ring is 1. The van der Waals surface area contributed by atoms with Crippen molar-refractivity contribution in [2.75, 3.05) is 12.5 Å². The third-order valence-electron chi connectivity index (χ3n) is 3.40. The van der Waals surface area contributed by atoms with E-state index >= 15 is 0 Å². The van der Waals surface area contributed by atoms with E-state index < -0.39 is 0 Å². The van der Waals surface area contributed by atoms with Crippen molar-refractivity contribution < 1.29 is 4.79 Å². The maximum Gasteiger partial charge on any atom is 0.272 e. The lowest BCUT2D eigenvalue weighted by Gasteiger charge is -2.25. The molecule has 0 saturated carbocycles. The first-order valence-corrected chi connectivity index (χ1v) is 6.86. The number of halogens is 1. The van der Waals surface area contributed by atoms with Gasteiger partial charge in [0.15, 0.2) is 0 Å². The van der Waals surface area contributed by atoms with Gasteiger partial charge in [0.1, 0.15) is 5.69 Å². The highest BCUT2D eigenvalue weighted by molar-refractivity contribution is 6.30. The molecule has 110 valence electrons. The molecule has 21 heavy (non-hydrogen) atoms. The number of hydrogen-bond donors (Lipinski definition) is 2. The van der Waals surface area contributed by atoms with Gasteiger partial charge in [-0.3, -0.25) is 10.6 Å². The molecule has 1 atom stereocenters. The van der Waals surface area contributed by atoms with Crippen LogP contribution in [-0.2, 0) is 0 Å². The molecule has 0 bridgehead atoms. The zero-order valence-electron chi connectivity index (χ0n) is 11.9. The Morgan fingerprint density at radius 1 is 1.29 bits per heavy atom. The maximum atomic E-state index is 12.4. The van der Waals surface area contributed by atoms with Crippen LogP contribution < -0.4 is 11.3 Å². The third-order valence-corrected chi connectivity index (χ3v) is 3.65. The van der Waals surface area contributed by atoms with Crippen molar-refractivity contribution in [2.24, 2.45) is 5.84 Å². The van der Waals surface area contributed by atoms with Gasteiger partial charge < -0.3 is 10.3 Å². The molecule has 1 unspecified atom stereocenters. The normalized spacial score (nSPS) is 11.8. The number of nitrogens with one attached hydrogen (secondary N) is 1. The molecule has 0 fully saturated rings. The molecule has 3 N–H and O–H groups in total. The Hall–Kier alpha value is -2.11. The van der Waals surface area contributed by atoms with Crippen molar-refractivity contribution in [3.63, 3.8) is 0 Å². The molecule has 5 nitrogen and oxygen atoms in total. The Bertz CT molecular complexity index is 613. The topological polar surface area (TPSA) is 71.2 Å². The first kappa shape index (κ1) is 15.3. The molecule has 0 aliphatic heterocycles. The summed E-state index contributed by atoms with van der Waals surface area (Å²) in [5.74, 6) is 5.12. The average Bonchev–Trinajstić information content (AvgIpc) is 2.53. The molecule has 1 aromatic carbocycles. The van der Waals surface area contributed by atoms with Crippen LogP contribution in [0.2, 0.25) is 5.02 Å². The van der Waals surface area contributed by atoms with Gasteiger partial charge in [-0.05, 0) is 36.8 Å². The van der Waals surface area contributed by atoms with E-state index in [1.54, 1.807) is 24.1 Å². The maximum absolute atomic E-state index is 12.4. The van der Waals surface area contributed by atoms with Crippen LogP contribution in [-0.4, -0.2) is 22.8 Å². The van der Waals surface area contributed by atoms with E-state index in [9.17, 15) is 4.79 Å². The molecule has 1 aromatic heterocycles. The molecule has 0 aliphatic carbocycles. The smallest absolute Gasteiger partial charge is 0.272 e. The van der Waals surface area contributed by atoms with Gasteiger partial charge in [-0.15, -0.1) is 0 Å². The first-order chi connectivity index (χ1) is 10.0. The number of anilines is 1. The second-order valence-electron chi connectivity index (χ2n) is 4.72. The van der Waals surface area contributed by atoms with Gasteiger partial charge in [0, 0.05) is 12.1 Å². The molecule has 1 heterocycles. The molecular formula is C15H17ClN4O. The molecule has 0 saturated heterocycles. The largest absolute Gasteiger partial charge is 0.334 e. The van der Waals surface area contributed by atoms with E-state index in [1.165, 1.54) is 6.20 Å². The first-order valence-electron chi connectivity index (χ1n) is 6.48. The summed E-state index contributed by atoms with van der Waals surface area (Å²) < 4.78 is 0. The van der Waals surface area contributed by atoms with Crippen molar-refractivity contribution in [3.05, 3.63) is 58.9 Å². The highest BCUT2D eigenvalue weighted by atomic mass is 35.5. The molecule has 2 aromatic rings. The second kappa shape index (κ2) is 6.56. The van der Waals surface area contributed by atoms with Crippen molar-refractivity contribution >= 4 is 23.2 Å². The van der Waals surface area contributed by atoms with Crippen LogP contribution in [0.25, 0.3) is 0 Å². The molecule has 2 rings (SSSR count). The summed E-state index contributed by atoms with van der Waals surface area (Å²) in [5.41, 5.74) is 4.51. The number of nitrogens with zero attached hydrogens (tertiary/aromatic N) is 2. The molecular weight excluding hydrogens is 288 g/mol. The Labute approximate surface area is 128 Å². The summed E-state index contributed by atoms with van der Waals surface area (Å²) in [6.45, 7) is 1.96. The van der Waals surface area contributed by atoms with Gasteiger partial charge in [0.05, 0.1) is 17.9 Å². The fraction of sp³-hybridized carbons (Fsp3) is 0.200. The van der Waals surface area contributed by atoms with E-state index in [0.717, 1.165) is 5.56 Å². The van der Waals surface area contributed by atoms with E-state index in [4.69, 9.17) is 17.4 Å². The van der Waals surface area contributed by atoms with Crippen LogP contribution in [0.3, 0.4) is 0 Å². The van der Waals surface area contributed by atoms with E-state index in [2.05, 4.69) is 10.4 Å². The molecule has 0 radical (unpaired) electrons. The Kier molecular flexibility index (Phi) is 4.77. The van der Waals surface area contributed by atoms with Gasteiger partial charge in [-0.2, -0.15) is 0 Å².